The summed E-state index contributed by atoms with van der Waals surface area (Å²) in [4.78, 5) is 24.4. The lowest BCUT2D eigenvalue weighted by Gasteiger charge is -2.18. The van der Waals surface area contributed by atoms with Crippen molar-refractivity contribution in [1.29, 1.82) is 0 Å². The van der Waals surface area contributed by atoms with Gasteiger partial charge in [-0.25, -0.2) is 10.2 Å². The van der Waals surface area contributed by atoms with Gasteiger partial charge in [0.05, 0.1) is 42.4 Å². The van der Waals surface area contributed by atoms with Crippen LogP contribution in [0.3, 0.4) is 0 Å². The number of rotatable bonds is 11. The molecule has 0 saturated heterocycles. The fourth-order valence-electron chi connectivity index (χ4n) is 3.34. The fourth-order valence-corrected chi connectivity index (χ4v) is 3.66. The lowest BCUT2D eigenvalue weighted by Crippen LogP contribution is -2.33. The number of carbonyl (C=O) groups is 2. The Morgan fingerprint density at radius 3 is 2.49 bits per heavy atom. The van der Waals surface area contributed by atoms with Gasteiger partial charge in [0.2, 0.25) is 5.91 Å². The second-order valence-corrected chi connectivity index (χ2v) is 8.59. The third-order valence-corrected chi connectivity index (χ3v) is 5.87. The zero-order valence-corrected chi connectivity index (χ0v) is 21.9. The van der Waals surface area contributed by atoms with Gasteiger partial charge in [0.1, 0.15) is 6.61 Å². The Labute approximate surface area is 225 Å². The molecule has 37 heavy (non-hydrogen) atoms. The van der Waals surface area contributed by atoms with Crippen LogP contribution in [-0.2, 0) is 16.1 Å². The molecule has 3 rings (SSSR count). The first-order chi connectivity index (χ1) is 17.9. The zero-order chi connectivity index (χ0) is 26.6. The quantitative estimate of drug-likeness (QED) is 0.231. The second kappa shape index (κ2) is 14.1. The number of nitrogens with zero attached hydrogens (tertiary/aromatic N) is 1. The third-order valence-electron chi connectivity index (χ3n) is 5.13. The van der Waals surface area contributed by atoms with Gasteiger partial charge < -0.3 is 19.5 Å². The SMILES string of the molecule is CCOC(=O)N[C@H](CC(=O)N/N=C\c1ccc(OCc2ccc(Cl)c(Cl)c2)c(OC)c1)c1ccccc1. The van der Waals surface area contributed by atoms with Crippen molar-refractivity contribution in [1.82, 2.24) is 10.7 Å². The fraction of sp³-hybridized carbons (Fsp3) is 0.222. The lowest BCUT2D eigenvalue weighted by molar-refractivity contribution is -0.121. The molecule has 2 N–H and O–H groups in total. The Kier molecular flexibility index (Phi) is 10.6. The minimum absolute atomic E-state index is 0.0228. The molecular weight excluding hydrogens is 517 g/mol. The van der Waals surface area contributed by atoms with E-state index in [1.807, 2.05) is 36.4 Å². The topological polar surface area (TPSA) is 98.2 Å². The second-order valence-electron chi connectivity index (χ2n) is 7.77. The van der Waals surface area contributed by atoms with E-state index < -0.39 is 12.1 Å². The van der Waals surface area contributed by atoms with Crippen LogP contribution in [0.4, 0.5) is 4.79 Å². The van der Waals surface area contributed by atoms with E-state index in [0.29, 0.717) is 27.1 Å². The molecule has 194 valence electrons. The van der Waals surface area contributed by atoms with Crippen molar-refractivity contribution in [3.63, 3.8) is 0 Å². The number of carbonyl (C=O) groups excluding carboxylic acids is 2. The molecule has 0 fully saturated rings. The van der Waals surface area contributed by atoms with Gasteiger partial charge in [-0.05, 0) is 53.9 Å². The Bertz CT molecular complexity index is 1240. The number of hydrogen-bond acceptors (Lipinski definition) is 6. The average Bonchev–Trinajstić information content (AvgIpc) is 2.90. The molecule has 0 saturated carbocycles. The van der Waals surface area contributed by atoms with Crippen LogP contribution in [-0.4, -0.2) is 31.9 Å². The van der Waals surface area contributed by atoms with Gasteiger partial charge in [-0.3, -0.25) is 4.79 Å². The molecule has 10 heteroatoms. The maximum Gasteiger partial charge on any atom is 0.407 e. The number of nitrogens with one attached hydrogen (secondary N) is 2. The molecule has 0 aliphatic heterocycles. The first kappa shape index (κ1) is 27.8. The summed E-state index contributed by atoms with van der Waals surface area (Å²) >= 11 is 12.0. The van der Waals surface area contributed by atoms with E-state index in [2.05, 4.69) is 15.8 Å². The Morgan fingerprint density at radius 2 is 1.78 bits per heavy atom. The molecule has 0 bridgehead atoms. The molecule has 8 nitrogen and oxygen atoms in total. The standard InChI is InChI=1S/C27H27Cl2N3O5/c1-3-36-27(34)31-23(20-7-5-4-6-8-20)15-26(33)32-30-16-18-10-12-24(25(14-18)35-2)37-17-19-9-11-21(28)22(29)13-19/h4-14,16,23H,3,15,17H2,1-2H3,(H,31,34)(H,32,33)/b30-16-/t23-/m1/s1. The summed E-state index contributed by atoms with van der Waals surface area (Å²) < 4.78 is 16.2. The van der Waals surface area contributed by atoms with Crippen LogP contribution >= 0.6 is 23.2 Å². The number of methoxy groups -OCH3 is 1. The predicted molar refractivity (Wildman–Crippen MR) is 143 cm³/mol. The molecule has 0 aliphatic carbocycles. The monoisotopic (exact) mass is 543 g/mol. The number of ether oxygens (including phenoxy) is 3. The Balaban J connectivity index is 1.59. The minimum atomic E-state index is -0.596. The number of benzene rings is 3. The van der Waals surface area contributed by atoms with E-state index in [1.165, 1.54) is 13.3 Å². The summed E-state index contributed by atoms with van der Waals surface area (Å²) in [5.41, 5.74) is 4.80. The van der Waals surface area contributed by atoms with Crippen LogP contribution in [0.25, 0.3) is 0 Å². The minimum Gasteiger partial charge on any atom is -0.493 e. The van der Waals surface area contributed by atoms with E-state index in [4.69, 9.17) is 37.4 Å². The van der Waals surface area contributed by atoms with Crippen LogP contribution in [0.15, 0.2) is 71.8 Å². The molecule has 0 unspecified atom stereocenters. The smallest absolute Gasteiger partial charge is 0.407 e. The summed E-state index contributed by atoms with van der Waals surface area (Å²) in [6.45, 7) is 2.22. The van der Waals surface area contributed by atoms with E-state index in [-0.39, 0.29) is 25.5 Å². The third kappa shape index (κ3) is 8.70. The lowest BCUT2D eigenvalue weighted by atomic mass is 10.0. The molecule has 1 atom stereocenters. The van der Waals surface area contributed by atoms with Gasteiger partial charge in [0.15, 0.2) is 11.5 Å². The molecule has 0 aromatic heterocycles. The van der Waals surface area contributed by atoms with E-state index in [1.54, 1.807) is 37.3 Å². The van der Waals surface area contributed by atoms with Gasteiger partial charge in [-0.15, -0.1) is 0 Å². The summed E-state index contributed by atoms with van der Waals surface area (Å²) in [5.74, 6) is 0.652. The van der Waals surface area contributed by atoms with Crippen molar-refractivity contribution in [3.8, 4) is 11.5 Å². The zero-order valence-electron chi connectivity index (χ0n) is 20.4. The molecule has 0 aliphatic rings. The molecule has 3 aromatic rings. The van der Waals surface area contributed by atoms with Crippen molar-refractivity contribution < 1.29 is 23.8 Å². The van der Waals surface area contributed by atoms with Gasteiger partial charge >= 0.3 is 6.09 Å². The summed E-state index contributed by atoms with van der Waals surface area (Å²) in [7, 11) is 1.53. The molecule has 3 aromatic carbocycles. The first-order valence-electron chi connectivity index (χ1n) is 11.4. The van der Waals surface area contributed by atoms with Crippen molar-refractivity contribution >= 4 is 41.4 Å². The van der Waals surface area contributed by atoms with Crippen LogP contribution in [0.2, 0.25) is 10.0 Å². The number of hydrogen-bond donors (Lipinski definition) is 2. The van der Waals surface area contributed by atoms with Crippen LogP contribution < -0.4 is 20.2 Å². The maximum absolute atomic E-state index is 12.5. The highest BCUT2D eigenvalue weighted by molar-refractivity contribution is 6.42. The number of halogens is 2. The number of alkyl carbamates (subject to hydrolysis) is 1. The van der Waals surface area contributed by atoms with Crippen molar-refractivity contribution in [2.75, 3.05) is 13.7 Å². The number of hydrazone groups is 1. The highest BCUT2D eigenvalue weighted by Gasteiger charge is 2.18. The molecule has 0 spiro atoms. The van der Waals surface area contributed by atoms with Gasteiger partial charge in [-0.2, -0.15) is 5.10 Å². The Hall–Kier alpha value is -3.75. The van der Waals surface area contributed by atoms with Crippen LogP contribution in [0.1, 0.15) is 36.1 Å². The highest BCUT2D eigenvalue weighted by Crippen LogP contribution is 2.29. The van der Waals surface area contributed by atoms with Gasteiger partial charge in [-0.1, -0.05) is 59.6 Å². The van der Waals surface area contributed by atoms with E-state index in [9.17, 15) is 9.59 Å². The van der Waals surface area contributed by atoms with Crippen LogP contribution in [0.5, 0.6) is 11.5 Å². The summed E-state index contributed by atoms with van der Waals surface area (Å²) in [6.07, 6.45) is 0.867. The normalized spacial score (nSPS) is 11.6. The average molecular weight is 544 g/mol. The predicted octanol–water partition coefficient (Wildman–Crippen LogP) is 5.91. The highest BCUT2D eigenvalue weighted by atomic mass is 35.5. The first-order valence-corrected chi connectivity index (χ1v) is 12.2. The van der Waals surface area contributed by atoms with Crippen molar-refractivity contribution in [3.05, 3.63) is 93.5 Å². The molecule has 0 radical (unpaired) electrons. The molecule has 2 amide bonds. The van der Waals surface area contributed by atoms with Crippen molar-refractivity contribution in [2.45, 2.75) is 26.0 Å². The molecular formula is C27H27Cl2N3O5. The maximum atomic E-state index is 12.5. The summed E-state index contributed by atoms with van der Waals surface area (Å²) in [6, 6.07) is 19.1. The molecule has 0 heterocycles. The number of amides is 2. The summed E-state index contributed by atoms with van der Waals surface area (Å²) in [5, 5.41) is 7.66. The van der Waals surface area contributed by atoms with E-state index >= 15 is 0 Å². The van der Waals surface area contributed by atoms with Crippen molar-refractivity contribution in [2.24, 2.45) is 5.10 Å². The van der Waals surface area contributed by atoms with Gasteiger partial charge in [0, 0.05) is 0 Å². The van der Waals surface area contributed by atoms with E-state index in [0.717, 1.165) is 11.1 Å². The van der Waals surface area contributed by atoms with Gasteiger partial charge in [0.25, 0.3) is 0 Å². The van der Waals surface area contributed by atoms with Crippen LogP contribution in [0, 0.1) is 0 Å². The Morgan fingerprint density at radius 1 is 1.00 bits per heavy atom. The largest absolute Gasteiger partial charge is 0.493 e.